The van der Waals surface area contributed by atoms with E-state index in [1.807, 2.05) is 0 Å². The van der Waals surface area contributed by atoms with Gasteiger partial charge >= 0.3 is 0 Å². The zero-order valence-corrected chi connectivity index (χ0v) is 9.46. The van der Waals surface area contributed by atoms with Crippen LogP contribution in [-0.4, -0.2) is 0 Å². The first kappa shape index (κ1) is 11.7. The lowest BCUT2D eigenvalue weighted by Gasteiger charge is -1.92. The van der Waals surface area contributed by atoms with Crippen LogP contribution in [0.4, 0.5) is 0 Å². The Balaban J connectivity index is 0.00000112. The molecule has 0 radical (unpaired) electrons. The number of rotatable bonds is 1. The lowest BCUT2D eigenvalue weighted by molar-refractivity contribution is -0.00000281. The molecular formula is C14H13Cl. The second kappa shape index (κ2) is 5.50. The summed E-state index contributed by atoms with van der Waals surface area (Å²) in [4.78, 5) is 0. The van der Waals surface area contributed by atoms with Crippen LogP contribution in [0.15, 0.2) is 48.6 Å². The van der Waals surface area contributed by atoms with Crippen molar-refractivity contribution in [3.8, 4) is 0 Å². The Morgan fingerprint density at radius 2 is 1.80 bits per heavy atom. The molecule has 15 heavy (non-hydrogen) atoms. The molecule has 0 N–H and O–H groups in total. The third-order valence-electron chi connectivity index (χ3n) is 2.28. The summed E-state index contributed by atoms with van der Waals surface area (Å²) < 4.78 is 0. The number of hydrogen-bond acceptors (Lipinski definition) is 0. The summed E-state index contributed by atoms with van der Waals surface area (Å²) in [5.41, 5.74) is 3.73. The fraction of sp³-hybridized carbons (Fsp3) is 0.143. The summed E-state index contributed by atoms with van der Waals surface area (Å²) in [6, 6.07) is 8.56. The highest BCUT2D eigenvalue weighted by Gasteiger charge is 2.08. The first-order chi connectivity index (χ1) is 6.86. The van der Waals surface area contributed by atoms with Crippen molar-refractivity contribution in [2.45, 2.75) is 13.3 Å². The Morgan fingerprint density at radius 1 is 1.07 bits per heavy atom. The standard InChI is InChI=1S/C14H13.ClH/c1-12-8-10-14(11-9-12)13-6-4-2-3-5-7-13;/h2-4,6,8-11H,5H2,1H3;1H/q+1;/p-1. The fourth-order valence-corrected chi connectivity index (χ4v) is 1.46. The van der Waals surface area contributed by atoms with E-state index in [1.54, 1.807) is 0 Å². The molecule has 0 atom stereocenters. The largest absolute Gasteiger partial charge is 1.00 e. The van der Waals surface area contributed by atoms with E-state index in [4.69, 9.17) is 0 Å². The molecule has 1 aliphatic rings. The molecule has 0 amide bonds. The highest BCUT2D eigenvalue weighted by atomic mass is 35.5. The van der Waals surface area contributed by atoms with Crippen molar-refractivity contribution in [2.75, 3.05) is 0 Å². The van der Waals surface area contributed by atoms with Gasteiger partial charge < -0.3 is 12.4 Å². The summed E-state index contributed by atoms with van der Waals surface area (Å²) in [5, 5.41) is 0. The average Bonchev–Trinajstić information content (AvgIpc) is 2.47. The summed E-state index contributed by atoms with van der Waals surface area (Å²) >= 11 is 0. The van der Waals surface area contributed by atoms with Gasteiger partial charge in [-0.25, -0.2) is 0 Å². The van der Waals surface area contributed by atoms with Crippen molar-refractivity contribution < 1.29 is 12.4 Å². The minimum absolute atomic E-state index is 0. The lowest BCUT2D eigenvalue weighted by atomic mass is 10.0. The van der Waals surface area contributed by atoms with E-state index in [0.717, 1.165) is 6.42 Å². The lowest BCUT2D eigenvalue weighted by Crippen LogP contribution is -3.00. The van der Waals surface area contributed by atoms with E-state index in [2.05, 4.69) is 61.6 Å². The van der Waals surface area contributed by atoms with Crippen LogP contribution in [0.5, 0.6) is 0 Å². The minimum Gasteiger partial charge on any atom is -1.00 e. The third-order valence-corrected chi connectivity index (χ3v) is 2.28. The van der Waals surface area contributed by atoms with Gasteiger partial charge in [-0.1, -0.05) is 12.2 Å². The van der Waals surface area contributed by atoms with Crippen LogP contribution in [-0.2, 0) is 0 Å². The molecule has 0 heterocycles. The van der Waals surface area contributed by atoms with Crippen molar-refractivity contribution in [1.29, 1.82) is 0 Å². The van der Waals surface area contributed by atoms with Crippen molar-refractivity contribution >= 4 is 5.57 Å². The van der Waals surface area contributed by atoms with Crippen LogP contribution in [0, 0.1) is 13.0 Å². The molecule has 1 aliphatic carbocycles. The number of allylic oxidation sites excluding steroid dienone is 6. The van der Waals surface area contributed by atoms with Crippen LogP contribution >= 0.6 is 0 Å². The quantitative estimate of drug-likeness (QED) is 0.607. The van der Waals surface area contributed by atoms with E-state index in [0.29, 0.717) is 0 Å². The van der Waals surface area contributed by atoms with Gasteiger partial charge in [0.1, 0.15) is 0 Å². The Hall–Kier alpha value is -1.36. The van der Waals surface area contributed by atoms with Gasteiger partial charge in [0, 0.05) is 18.2 Å². The fourth-order valence-electron chi connectivity index (χ4n) is 1.46. The minimum atomic E-state index is 0. The molecule has 0 nitrogen and oxygen atoms in total. The maximum atomic E-state index is 3.36. The topological polar surface area (TPSA) is 0 Å². The van der Waals surface area contributed by atoms with Gasteiger partial charge in [0.2, 0.25) is 0 Å². The number of halogens is 1. The van der Waals surface area contributed by atoms with E-state index in [-0.39, 0.29) is 12.4 Å². The predicted molar refractivity (Wildman–Crippen MR) is 60.7 cm³/mol. The maximum Gasteiger partial charge on any atom is 0.191 e. The molecule has 0 saturated heterocycles. The van der Waals surface area contributed by atoms with Gasteiger partial charge in [0.05, 0.1) is 18.1 Å². The van der Waals surface area contributed by atoms with Crippen LogP contribution < -0.4 is 12.4 Å². The highest BCUT2D eigenvalue weighted by Crippen LogP contribution is 2.18. The third kappa shape index (κ3) is 3.06. The van der Waals surface area contributed by atoms with Crippen molar-refractivity contribution in [3.63, 3.8) is 0 Å². The van der Waals surface area contributed by atoms with Crippen LogP contribution in [0.1, 0.15) is 17.5 Å². The van der Waals surface area contributed by atoms with Crippen LogP contribution in [0.2, 0.25) is 0 Å². The second-order valence-electron chi connectivity index (χ2n) is 3.45. The molecule has 0 aromatic heterocycles. The van der Waals surface area contributed by atoms with E-state index in [1.165, 1.54) is 16.7 Å². The number of benzene rings is 1. The van der Waals surface area contributed by atoms with Crippen molar-refractivity contribution in [2.24, 2.45) is 0 Å². The van der Waals surface area contributed by atoms with E-state index < -0.39 is 0 Å². The zero-order valence-electron chi connectivity index (χ0n) is 8.70. The van der Waals surface area contributed by atoms with Gasteiger partial charge in [0.15, 0.2) is 5.57 Å². The molecule has 0 aliphatic heterocycles. The SMILES string of the molecule is Cc1ccc(C2=[C+]CC=CC=C2)cc1.[Cl-]. The maximum absolute atomic E-state index is 3.36. The van der Waals surface area contributed by atoms with E-state index in [9.17, 15) is 0 Å². The van der Waals surface area contributed by atoms with Gasteiger partial charge in [0.25, 0.3) is 0 Å². The summed E-state index contributed by atoms with van der Waals surface area (Å²) in [5.74, 6) is 0. The molecule has 76 valence electrons. The smallest absolute Gasteiger partial charge is 0.191 e. The van der Waals surface area contributed by atoms with Gasteiger partial charge in [-0.15, -0.1) is 0 Å². The first-order valence-corrected chi connectivity index (χ1v) is 4.87. The molecule has 0 fully saturated rings. The molecule has 0 spiro atoms. The second-order valence-corrected chi connectivity index (χ2v) is 3.45. The van der Waals surface area contributed by atoms with Crippen molar-refractivity contribution in [3.05, 3.63) is 65.8 Å². The predicted octanol–water partition coefficient (Wildman–Crippen LogP) is 0.702. The molecule has 1 aromatic rings. The number of hydrogen-bond donors (Lipinski definition) is 0. The Labute approximate surface area is 97.4 Å². The van der Waals surface area contributed by atoms with Gasteiger partial charge in [-0.05, 0) is 30.7 Å². The summed E-state index contributed by atoms with van der Waals surface area (Å²) in [6.45, 7) is 2.10. The summed E-state index contributed by atoms with van der Waals surface area (Å²) in [6.07, 6.45) is 12.6. The van der Waals surface area contributed by atoms with Crippen LogP contribution in [0.25, 0.3) is 5.57 Å². The molecule has 1 heteroatoms. The number of aryl methyl sites for hydroxylation is 1. The normalized spacial score (nSPS) is 13.5. The average molecular weight is 217 g/mol. The van der Waals surface area contributed by atoms with Crippen LogP contribution in [0.3, 0.4) is 0 Å². The summed E-state index contributed by atoms with van der Waals surface area (Å²) in [7, 11) is 0. The van der Waals surface area contributed by atoms with Gasteiger partial charge in [-0.2, -0.15) is 0 Å². The molecule has 0 saturated carbocycles. The Morgan fingerprint density at radius 3 is 2.53 bits per heavy atom. The van der Waals surface area contributed by atoms with Gasteiger partial charge in [-0.3, -0.25) is 0 Å². The molecule has 2 rings (SSSR count). The van der Waals surface area contributed by atoms with E-state index >= 15 is 0 Å². The molecular weight excluding hydrogens is 204 g/mol. The monoisotopic (exact) mass is 216 g/mol. The zero-order chi connectivity index (χ0) is 9.80. The molecule has 0 unspecified atom stereocenters. The Bertz CT molecular complexity index is 394. The molecule has 1 aromatic carbocycles. The highest BCUT2D eigenvalue weighted by molar-refractivity contribution is 5.73. The first-order valence-electron chi connectivity index (χ1n) is 4.87. The van der Waals surface area contributed by atoms with Crippen molar-refractivity contribution in [1.82, 2.24) is 0 Å². The Kier molecular flexibility index (Phi) is 4.30. The molecule has 0 bridgehead atoms.